The summed E-state index contributed by atoms with van der Waals surface area (Å²) in [5, 5.41) is 9.46. The number of anilines is 2. The van der Waals surface area contributed by atoms with Gasteiger partial charge in [0.2, 0.25) is 0 Å². The minimum absolute atomic E-state index is 0.0701. The number of nitrogen functional groups attached to an aromatic ring is 2. The first-order chi connectivity index (χ1) is 8.11. The number of hydrogen-bond donors (Lipinski definition) is 3. The molecule has 2 aromatic carbocycles. The van der Waals surface area contributed by atoms with Gasteiger partial charge < -0.3 is 16.6 Å². The number of phenolic OH excluding ortho intramolecular Hbond substituents is 1. The monoisotopic (exact) mass is 228 g/mol. The smallest absolute Gasteiger partial charge is 0.197 e. The molecule has 0 saturated heterocycles. The second kappa shape index (κ2) is 4.17. The van der Waals surface area contributed by atoms with Crippen LogP contribution in [0.25, 0.3) is 0 Å². The van der Waals surface area contributed by atoms with Gasteiger partial charge in [0.1, 0.15) is 5.75 Å². The van der Waals surface area contributed by atoms with E-state index in [1.54, 1.807) is 36.4 Å². The maximum atomic E-state index is 12.2. The SMILES string of the molecule is Nc1ccccc1C(=O)c1cccc(O)c1N. The Hall–Kier alpha value is -2.49. The zero-order valence-electron chi connectivity index (χ0n) is 9.05. The summed E-state index contributed by atoms with van der Waals surface area (Å²) in [5.74, 6) is -0.401. The number of carbonyl (C=O) groups excluding carboxylic acids is 1. The third-order valence-corrected chi connectivity index (χ3v) is 2.53. The Kier molecular flexibility index (Phi) is 2.70. The molecule has 0 unspecified atom stereocenters. The van der Waals surface area contributed by atoms with Gasteiger partial charge in [0.25, 0.3) is 0 Å². The molecule has 0 spiro atoms. The van der Waals surface area contributed by atoms with Crippen LogP contribution in [0.4, 0.5) is 11.4 Å². The summed E-state index contributed by atoms with van der Waals surface area (Å²) in [5.41, 5.74) is 12.5. The third-order valence-electron chi connectivity index (χ3n) is 2.53. The fourth-order valence-electron chi connectivity index (χ4n) is 1.60. The van der Waals surface area contributed by atoms with Gasteiger partial charge in [-0.3, -0.25) is 4.79 Å². The average Bonchev–Trinajstić information content (AvgIpc) is 2.32. The first-order valence-corrected chi connectivity index (χ1v) is 5.08. The Morgan fingerprint density at radius 1 is 0.941 bits per heavy atom. The van der Waals surface area contributed by atoms with Crippen molar-refractivity contribution in [3.63, 3.8) is 0 Å². The average molecular weight is 228 g/mol. The number of hydrogen-bond acceptors (Lipinski definition) is 4. The summed E-state index contributed by atoms with van der Waals surface area (Å²) < 4.78 is 0. The summed E-state index contributed by atoms with van der Waals surface area (Å²) in [6.07, 6.45) is 0. The van der Waals surface area contributed by atoms with Crippen molar-refractivity contribution in [3.8, 4) is 5.75 Å². The minimum Gasteiger partial charge on any atom is -0.506 e. The Morgan fingerprint density at radius 3 is 2.29 bits per heavy atom. The van der Waals surface area contributed by atoms with Crippen LogP contribution < -0.4 is 11.5 Å². The van der Waals surface area contributed by atoms with E-state index in [2.05, 4.69) is 0 Å². The summed E-state index contributed by atoms with van der Waals surface area (Å²) in [6.45, 7) is 0. The standard InChI is InChI=1S/C13H12N2O2/c14-10-6-2-1-4-8(10)13(17)9-5-3-7-11(16)12(9)15/h1-7,16H,14-15H2. The van der Waals surface area contributed by atoms with Crippen LogP contribution >= 0.6 is 0 Å². The molecule has 0 bridgehead atoms. The molecule has 4 nitrogen and oxygen atoms in total. The normalized spacial score (nSPS) is 10.1. The molecule has 2 rings (SSSR count). The van der Waals surface area contributed by atoms with Crippen molar-refractivity contribution < 1.29 is 9.90 Å². The molecular weight excluding hydrogens is 216 g/mol. The maximum Gasteiger partial charge on any atom is 0.197 e. The lowest BCUT2D eigenvalue weighted by molar-refractivity contribution is 0.104. The van der Waals surface area contributed by atoms with Crippen molar-refractivity contribution >= 4 is 17.2 Å². The number of para-hydroxylation sites is 2. The highest BCUT2D eigenvalue weighted by atomic mass is 16.3. The predicted molar refractivity (Wildman–Crippen MR) is 66.8 cm³/mol. The fraction of sp³-hybridized carbons (Fsp3) is 0. The highest BCUT2D eigenvalue weighted by Crippen LogP contribution is 2.26. The van der Waals surface area contributed by atoms with Crippen molar-refractivity contribution in [2.75, 3.05) is 11.5 Å². The van der Waals surface area contributed by atoms with E-state index < -0.39 is 0 Å². The van der Waals surface area contributed by atoms with Gasteiger partial charge in [-0.2, -0.15) is 0 Å². The fourth-order valence-corrected chi connectivity index (χ4v) is 1.60. The highest BCUT2D eigenvalue weighted by Gasteiger charge is 2.15. The Bertz CT molecular complexity index is 579. The van der Waals surface area contributed by atoms with E-state index in [0.29, 0.717) is 11.3 Å². The number of phenols is 1. The molecule has 0 radical (unpaired) electrons. The van der Waals surface area contributed by atoms with Gasteiger partial charge in [-0.1, -0.05) is 18.2 Å². The topological polar surface area (TPSA) is 89.3 Å². The number of rotatable bonds is 2. The summed E-state index contributed by atoms with van der Waals surface area (Å²) >= 11 is 0. The molecule has 0 saturated carbocycles. The Balaban J connectivity index is 2.52. The van der Waals surface area contributed by atoms with Gasteiger partial charge >= 0.3 is 0 Å². The summed E-state index contributed by atoms with van der Waals surface area (Å²) in [7, 11) is 0. The van der Waals surface area contributed by atoms with Crippen LogP contribution in [-0.2, 0) is 0 Å². The van der Waals surface area contributed by atoms with Gasteiger partial charge in [-0.05, 0) is 24.3 Å². The predicted octanol–water partition coefficient (Wildman–Crippen LogP) is 1.79. The molecule has 0 aromatic heterocycles. The van der Waals surface area contributed by atoms with Crippen molar-refractivity contribution in [1.29, 1.82) is 0 Å². The molecular formula is C13H12N2O2. The van der Waals surface area contributed by atoms with Crippen LogP contribution in [0.1, 0.15) is 15.9 Å². The van der Waals surface area contributed by atoms with Gasteiger partial charge in [0.15, 0.2) is 5.78 Å². The molecule has 0 atom stereocenters. The van der Waals surface area contributed by atoms with Crippen molar-refractivity contribution in [3.05, 3.63) is 53.6 Å². The lowest BCUT2D eigenvalue weighted by Gasteiger charge is -2.08. The van der Waals surface area contributed by atoms with Crippen LogP contribution in [0.15, 0.2) is 42.5 Å². The van der Waals surface area contributed by atoms with E-state index in [-0.39, 0.29) is 22.8 Å². The van der Waals surface area contributed by atoms with Crippen LogP contribution in [0.3, 0.4) is 0 Å². The first-order valence-electron chi connectivity index (χ1n) is 5.08. The van der Waals surface area contributed by atoms with Crippen LogP contribution in [-0.4, -0.2) is 10.9 Å². The number of aromatic hydroxyl groups is 1. The van der Waals surface area contributed by atoms with Crippen LogP contribution in [0, 0.1) is 0 Å². The number of carbonyl (C=O) groups is 1. The summed E-state index contributed by atoms with van der Waals surface area (Å²) in [6, 6.07) is 11.3. The number of benzene rings is 2. The molecule has 0 aliphatic heterocycles. The second-order valence-electron chi connectivity index (χ2n) is 3.65. The Labute approximate surface area is 98.5 Å². The molecule has 0 aliphatic carbocycles. The summed E-state index contributed by atoms with van der Waals surface area (Å²) in [4.78, 5) is 12.2. The van der Waals surface area contributed by atoms with Crippen LogP contribution in [0.2, 0.25) is 0 Å². The Morgan fingerprint density at radius 2 is 1.59 bits per heavy atom. The molecule has 2 aromatic rings. The van der Waals surface area contributed by atoms with Crippen LogP contribution in [0.5, 0.6) is 5.75 Å². The second-order valence-corrected chi connectivity index (χ2v) is 3.65. The molecule has 17 heavy (non-hydrogen) atoms. The van der Waals surface area contributed by atoms with Gasteiger partial charge in [-0.25, -0.2) is 0 Å². The van der Waals surface area contributed by atoms with E-state index in [1.807, 2.05) is 0 Å². The molecule has 5 N–H and O–H groups in total. The van der Waals surface area contributed by atoms with Gasteiger partial charge in [-0.15, -0.1) is 0 Å². The zero-order valence-corrected chi connectivity index (χ0v) is 9.05. The van der Waals surface area contributed by atoms with Crippen molar-refractivity contribution in [2.45, 2.75) is 0 Å². The largest absolute Gasteiger partial charge is 0.506 e. The lowest BCUT2D eigenvalue weighted by Crippen LogP contribution is -2.08. The molecule has 0 fully saturated rings. The van der Waals surface area contributed by atoms with E-state index in [4.69, 9.17) is 11.5 Å². The van der Waals surface area contributed by atoms with E-state index in [1.165, 1.54) is 6.07 Å². The van der Waals surface area contributed by atoms with E-state index in [9.17, 15) is 9.90 Å². The van der Waals surface area contributed by atoms with Gasteiger partial charge in [0.05, 0.1) is 5.69 Å². The minimum atomic E-state index is -0.295. The van der Waals surface area contributed by atoms with E-state index >= 15 is 0 Å². The lowest BCUT2D eigenvalue weighted by atomic mass is 10.00. The molecule has 0 heterocycles. The highest BCUT2D eigenvalue weighted by molar-refractivity contribution is 6.15. The quantitative estimate of drug-likeness (QED) is 0.415. The van der Waals surface area contributed by atoms with Crippen molar-refractivity contribution in [2.24, 2.45) is 0 Å². The number of ketones is 1. The van der Waals surface area contributed by atoms with E-state index in [0.717, 1.165) is 0 Å². The number of nitrogens with two attached hydrogens (primary N) is 2. The molecule has 0 amide bonds. The third kappa shape index (κ3) is 1.92. The molecule has 4 heteroatoms. The molecule has 86 valence electrons. The van der Waals surface area contributed by atoms with Gasteiger partial charge in [0, 0.05) is 16.8 Å². The van der Waals surface area contributed by atoms with Crippen molar-refractivity contribution in [1.82, 2.24) is 0 Å². The molecule has 0 aliphatic rings. The maximum absolute atomic E-state index is 12.2. The zero-order chi connectivity index (χ0) is 12.4. The first kappa shape index (κ1) is 11.0.